The van der Waals surface area contributed by atoms with Crippen LogP contribution in [0.15, 0.2) is 17.3 Å². The van der Waals surface area contributed by atoms with Crippen LogP contribution in [-0.4, -0.2) is 52.6 Å². The SMILES string of the molecule is CCn1c(SCC(=O)Nc2sc(C(=O)OC)c(C)c2C(=O)OC)nnc1C(C)Oc1cc(C)c(Cl)c(C)c1. The van der Waals surface area contributed by atoms with Gasteiger partial charge in [-0.25, -0.2) is 9.59 Å². The van der Waals surface area contributed by atoms with Gasteiger partial charge < -0.3 is 24.1 Å². The van der Waals surface area contributed by atoms with Crippen LogP contribution in [0.1, 0.15) is 62.5 Å². The van der Waals surface area contributed by atoms with Gasteiger partial charge in [-0.3, -0.25) is 4.79 Å². The van der Waals surface area contributed by atoms with Crippen molar-refractivity contribution in [3.05, 3.63) is 50.1 Å². The van der Waals surface area contributed by atoms with E-state index in [0.717, 1.165) is 22.5 Å². The fourth-order valence-electron chi connectivity index (χ4n) is 3.77. The summed E-state index contributed by atoms with van der Waals surface area (Å²) in [6, 6.07) is 3.75. The number of benzene rings is 1. The summed E-state index contributed by atoms with van der Waals surface area (Å²) >= 11 is 8.42. The van der Waals surface area contributed by atoms with E-state index in [1.54, 1.807) is 6.92 Å². The van der Waals surface area contributed by atoms with Gasteiger partial charge >= 0.3 is 11.9 Å². The summed E-state index contributed by atoms with van der Waals surface area (Å²) in [6.45, 7) is 9.83. The lowest BCUT2D eigenvalue weighted by Gasteiger charge is -2.17. The maximum atomic E-state index is 12.8. The number of thiophene rings is 1. The Labute approximate surface area is 234 Å². The quantitative estimate of drug-likeness (QED) is 0.249. The van der Waals surface area contributed by atoms with Gasteiger partial charge in [0.25, 0.3) is 0 Å². The van der Waals surface area contributed by atoms with E-state index in [4.69, 9.17) is 25.8 Å². The van der Waals surface area contributed by atoms with Crippen molar-refractivity contribution in [2.75, 3.05) is 25.3 Å². The molecule has 0 radical (unpaired) electrons. The zero-order valence-electron chi connectivity index (χ0n) is 22.1. The third-order valence-electron chi connectivity index (χ3n) is 5.64. The summed E-state index contributed by atoms with van der Waals surface area (Å²) in [4.78, 5) is 37.4. The lowest BCUT2D eigenvalue weighted by molar-refractivity contribution is -0.113. The van der Waals surface area contributed by atoms with Crippen LogP contribution in [0.4, 0.5) is 5.00 Å². The Morgan fingerprint density at radius 2 is 1.74 bits per heavy atom. The predicted molar refractivity (Wildman–Crippen MR) is 147 cm³/mol. The molecule has 0 bridgehead atoms. The third kappa shape index (κ3) is 6.30. The van der Waals surface area contributed by atoms with Crippen LogP contribution in [0.3, 0.4) is 0 Å². The van der Waals surface area contributed by atoms with E-state index < -0.39 is 18.0 Å². The second-order valence-corrected chi connectivity index (χ2v) is 10.6. The lowest BCUT2D eigenvalue weighted by atomic mass is 10.1. The number of anilines is 1. The number of carbonyl (C=O) groups is 3. The molecule has 0 aliphatic carbocycles. The highest BCUT2D eigenvalue weighted by atomic mass is 35.5. The van der Waals surface area contributed by atoms with Gasteiger partial charge in [0.1, 0.15) is 15.6 Å². The molecule has 0 saturated heterocycles. The molecule has 0 aliphatic heterocycles. The van der Waals surface area contributed by atoms with Gasteiger partial charge in [-0.2, -0.15) is 0 Å². The lowest BCUT2D eigenvalue weighted by Crippen LogP contribution is -2.17. The number of halogens is 1. The number of nitrogens with zero attached hydrogens (tertiary/aromatic N) is 3. The molecule has 3 rings (SSSR count). The molecular formula is C25H29ClN4O6S2. The average Bonchev–Trinajstić information content (AvgIpc) is 3.45. The van der Waals surface area contributed by atoms with Crippen molar-refractivity contribution >= 4 is 57.5 Å². The molecule has 2 aromatic heterocycles. The zero-order valence-corrected chi connectivity index (χ0v) is 24.5. The molecule has 3 aromatic rings. The molecule has 1 unspecified atom stereocenters. The molecule has 0 aliphatic rings. The number of aryl methyl sites for hydroxylation is 2. The average molecular weight is 581 g/mol. The summed E-state index contributed by atoms with van der Waals surface area (Å²) in [6.07, 6.45) is -0.404. The molecule has 0 spiro atoms. The molecule has 10 nitrogen and oxygen atoms in total. The highest BCUT2D eigenvalue weighted by molar-refractivity contribution is 7.99. The number of methoxy groups -OCH3 is 2. The minimum atomic E-state index is -0.660. The standard InChI is InChI=1S/C25H29ClN4O6S2/c1-8-30-21(15(5)36-16-9-12(2)19(26)13(3)10-16)28-29-25(30)37-11-17(31)27-22-18(23(32)34-6)14(4)20(38-22)24(33)35-7/h9-10,15H,8,11H2,1-7H3,(H,27,31). The Morgan fingerprint density at radius 3 is 2.32 bits per heavy atom. The summed E-state index contributed by atoms with van der Waals surface area (Å²) in [5, 5.41) is 12.7. The topological polar surface area (TPSA) is 122 Å². The van der Waals surface area contributed by atoms with Crippen molar-refractivity contribution < 1.29 is 28.6 Å². The maximum Gasteiger partial charge on any atom is 0.348 e. The molecule has 2 heterocycles. The smallest absolute Gasteiger partial charge is 0.348 e. The second-order valence-electron chi connectivity index (χ2n) is 8.30. The summed E-state index contributed by atoms with van der Waals surface area (Å²) < 4.78 is 17.6. The van der Waals surface area contributed by atoms with Gasteiger partial charge in [0.05, 0.1) is 25.5 Å². The molecule has 204 valence electrons. The van der Waals surface area contributed by atoms with E-state index in [-0.39, 0.29) is 27.1 Å². The number of aromatic nitrogens is 3. The van der Waals surface area contributed by atoms with Gasteiger partial charge in [0, 0.05) is 11.6 Å². The van der Waals surface area contributed by atoms with Crippen molar-refractivity contribution in [1.29, 1.82) is 0 Å². The Kier molecular flexibility index (Phi) is 9.80. The first kappa shape index (κ1) is 29.5. The van der Waals surface area contributed by atoms with Gasteiger partial charge in [0.15, 0.2) is 17.1 Å². The van der Waals surface area contributed by atoms with E-state index in [1.165, 1.54) is 26.0 Å². The highest BCUT2D eigenvalue weighted by Crippen LogP contribution is 2.35. The van der Waals surface area contributed by atoms with Crippen LogP contribution < -0.4 is 10.1 Å². The van der Waals surface area contributed by atoms with Crippen molar-refractivity contribution in [1.82, 2.24) is 14.8 Å². The largest absolute Gasteiger partial charge is 0.483 e. The van der Waals surface area contributed by atoms with Crippen molar-refractivity contribution in [3.8, 4) is 5.75 Å². The molecule has 38 heavy (non-hydrogen) atoms. The molecular weight excluding hydrogens is 552 g/mol. The summed E-state index contributed by atoms with van der Waals surface area (Å²) in [7, 11) is 2.48. The number of carbonyl (C=O) groups excluding carboxylic acids is 3. The minimum Gasteiger partial charge on any atom is -0.483 e. The number of thioether (sulfide) groups is 1. The minimum absolute atomic E-state index is 0.00589. The van der Waals surface area contributed by atoms with Crippen LogP contribution in [0.2, 0.25) is 5.02 Å². The number of hydrogen-bond acceptors (Lipinski definition) is 10. The first-order chi connectivity index (χ1) is 18.0. The molecule has 0 saturated carbocycles. The number of rotatable bonds is 10. The molecule has 0 fully saturated rings. The highest BCUT2D eigenvalue weighted by Gasteiger charge is 2.27. The molecule has 1 N–H and O–H groups in total. The summed E-state index contributed by atoms with van der Waals surface area (Å²) in [5.74, 6) is -0.362. The Bertz CT molecular complexity index is 1350. The Balaban J connectivity index is 1.73. The van der Waals surface area contributed by atoms with E-state index in [0.29, 0.717) is 33.9 Å². The number of ether oxygens (including phenoxy) is 3. The first-order valence-electron chi connectivity index (χ1n) is 11.6. The van der Waals surface area contributed by atoms with Crippen LogP contribution >= 0.6 is 34.7 Å². The van der Waals surface area contributed by atoms with Crippen molar-refractivity contribution in [2.24, 2.45) is 0 Å². The molecule has 1 aromatic carbocycles. The predicted octanol–water partition coefficient (Wildman–Crippen LogP) is 5.38. The Morgan fingerprint density at radius 1 is 1.11 bits per heavy atom. The van der Waals surface area contributed by atoms with Crippen LogP contribution in [0.5, 0.6) is 5.75 Å². The molecule has 1 amide bonds. The summed E-state index contributed by atoms with van der Waals surface area (Å²) in [5.41, 5.74) is 2.34. The monoisotopic (exact) mass is 580 g/mol. The van der Waals surface area contributed by atoms with Gasteiger partial charge in [0.2, 0.25) is 5.91 Å². The van der Waals surface area contributed by atoms with Gasteiger partial charge in [-0.05, 0) is 63.4 Å². The van der Waals surface area contributed by atoms with E-state index in [9.17, 15) is 14.4 Å². The van der Waals surface area contributed by atoms with Crippen LogP contribution in [-0.2, 0) is 20.8 Å². The van der Waals surface area contributed by atoms with E-state index >= 15 is 0 Å². The number of amides is 1. The Hall–Kier alpha value is -3.09. The van der Waals surface area contributed by atoms with E-state index in [2.05, 4.69) is 15.5 Å². The van der Waals surface area contributed by atoms with Gasteiger partial charge in [-0.15, -0.1) is 21.5 Å². The fraction of sp³-hybridized carbons (Fsp3) is 0.400. The number of hydrogen-bond donors (Lipinski definition) is 1. The maximum absolute atomic E-state index is 12.8. The second kappa shape index (κ2) is 12.6. The van der Waals surface area contributed by atoms with Crippen LogP contribution in [0.25, 0.3) is 0 Å². The molecule has 13 heteroatoms. The van der Waals surface area contributed by atoms with Gasteiger partial charge in [-0.1, -0.05) is 23.4 Å². The first-order valence-corrected chi connectivity index (χ1v) is 13.8. The number of nitrogens with one attached hydrogen (secondary N) is 1. The van der Waals surface area contributed by atoms with Crippen molar-refractivity contribution in [3.63, 3.8) is 0 Å². The number of esters is 2. The fourth-order valence-corrected chi connectivity index (χ4v) is 5.81. The van der Waals surface area contributed by atoms with Crippen molar-refractivity contribution in [2.45, 2.75) is 52.4 Å². The normalized spacial score (nSPS) is 11.7. The zero-order chi connectivity index (χ0) is 28.1. The third-order valence-corrected chi connectivity index (χ3v) is 8.39. The molecule has 1 atom stereocenters. The van der Waals surface area contributed by atoms with E-state index in [1.807, 2.05) is 44.4 Å². The van der Waals surface area contributed by atoms with Crippen LogP contribution in [0, 0.1) is 20.8 Å².